The van der Waals surface area contributed by atoms with Crippen molar-refractivity contribution in [3.63, 3.8) is 0 Å². The number of ether oxygens (including phenoxy) is 2. The van der Waals surface area contributed by atoms with Crippen molar-refractivity contribution in [1.29, 1.82) is 5.26 Å². The SMILES string of the molecule is [C-]#[N+]c1c(N)nc(SCc2csc(-c3ccc(Cl)cc3)n2)c(C#N)c1-c1ccc(OCCOC(=O)[C@@H](NC(=O)[C@@H](N)CCCN=C(N)N)C(C)C)cc1. The molecule has 0 aliphatic rings. The van der Waals surface area contributed by atoms with Crippen LogP contribution in [0.2, 0.25) is 5.02 Å². The van der Waals surface area contributed by atoms with Crippen LogP contribution >= 0.6 is 34.7 Å². The van der Waals surface area contributed by atoms with E-state index in [1.54, 1.807) is 38.1 Å². The number of nitrogens with one attached hydrogen (secondary N) is 1. The molecule has 0 aliphatic carbocycles. The van der Waals surface area contributed by atoms with Gasteiger partial charge in [0, 0.05) is 33.8 Å². The summed E-state index contributed by atoms with van der Waals surface area (Å²) in [6.45, 7) is 11.6. The predicted molar refractivity (Wildman–Crippen MR) is 208 cm³/mol. The molecule has 0 saturated heterocycles. The van der Waals surface area contributed by atoms with Crippen LogP contribution in [0, 0.1) is 23.8 Å². The average Bonchev–Trinajstić information content (AvgIpc) is 3.62. The van der Waals surface area contributed by atoms with E-state index in [0.717, 1.165) is 16.3 Å². The molecule has 0 unspecified atom stereocenters. The van der Waals surface area contributed by atoms with Crippen molar-refractivity contribution in [3.8, 4) is 33.5 Å². The molecule has 53 heavy (non-hydrogen) atoms. The lowest BCUT2D eigenvalue weighted by atomic mass is 10.00. The first-order valence-electron chi connectivity index (χ1n) is 16.4. The zero-order chi connectivity index (χ0) is 38.5. The van der Waals surface area contributed by atoms with E-state index in [2.05, 4.69) is 26.2 Å². The summed E-state index contributed by atoms with van der Waals surface area (Å²) in [5.74, 6) is -0.481. The smallest absolute Gasteiger partial charge is 0.329 e. The molecule has 2 heterocycles. The van der Waals surface area contributed by atoms with E-state index >= 15 is 0 Å². The van der Waals surface area contributed by atoms with Crippen molar-refractivity contribution in [1.82, 2.24) is 15.3 Å². The second-order valence-electron chi connectivity index (χ2n) is 11.9. The lowest BCUT2D eigenvalue weighted by Crippen LogP contribution is -2.51. The van der Waals surface area contributed by atoms with Gasteiger partial charge in [-0.3, -0.25) is 9.79 Å². The number of amides is 1. The Morgan fingerprint density at radius 3 is 2.45 bits per heavy atom. The quantitative estimate of drug-likeness (QED) is 0.0231. The minimum atomic E-state index is -0.902. The van der Waals surface area contributed by atoms with Gasteiger partial charge in [-0.25, -0.2) is 19.6 Å². The molecular formula is C36H39ClN10O4S2. The molecule has 4 rings (SSSR count). The zero-order valence-electron chi connectivity index (χ0n) is 29.0. The summed E-state index contributed by atoms with van der Waals surface area (Å²) in [7, 11) is 0. The summed E-state index contributed by atoms with van der Waals surface area (Å²) in [4.78, 5) is 42.0. The Morgan fingerprint density at radius 1 is 1.11 bits per heavy atom. The number of nitrogen functional groups attached to an aromatic ring is 1. The Bertz CT molecular complexity index is 2000. The molecule has 0 bridgehead atoms. The van der Waals surface area contributed by atoms with Crippen molar-refractivity contribution in [2.24, 2.45) is 28.1 Å². The molecule has 2 atom stereocenters. The van der Waals surface area contributed by atoms with E-state index in [4.69, 9.17) is 55.6 Å². The molecule has 2 aromatic heterocycles. The maximum atomic E-state index is 12.8. The first kappa shape index (κ1) is 40.4. The fourth-order valence-corrected chi connectivity index (χ4v) is 6.88. The molecule has 9 N–H and O–H groups in total. The van der Waals surface area contributed by atoms with Crippen LogP contribution in [0.1, 0.15) is 37.9 Å². The van der Waals surface area contributed by atoms with E-state index in [1.165, 1.54) is 23.1 Å². The molecule has 0 radical (unpaired) electrons. The van der Waals surface area contributed by atoms with Crippen LogP contribution in [0.3, 0.4) is 0 Å². The Balaban J connectivity index is 1.36. The van der Waals surface area contributed by atoms with Gasteiger partial charge in [0.15, 0.2) is 5.96 Å². The number of rotatable bonds is 17. The molecule has 0 saturated carbocycles. The highest BCUT2D eigenvalue weighted by atomic mass is 35.5. The number of nitriles is 1. The van der Waals surface area contributed by atoms with Gasteiger partial charge in [-0.2, -0.15) is 5.26 Å². The minimum absolute atomic E-state index is 0.0134. The van der Waals surface area contributed by atoms with Crippen LogP contribution < -0.4 is 33.0 Å². The van der Waals surface area contributed by atoms with Crippen molar-refractivity contribution in [3.05, 3.63) is 81.6 Å². The summed E-state index contributed by atoms with van der Waals surface area (Å²) in [5.41, 5.74) is 25.8. The number of benzene rings is 2. The summed E-state index contributed by atoms with van der Waals surface area (Å²) in [6.07, 6.45) is 0.835. The molecular weight excluding hydrogens is 736 g/mol. The summed E-state index contributed by atoms with van der Waals surface area (Å²) < 4.78 is 11.2. The number of guanidine groups is 1. The van der Waals surface area contributed by atoms with E-state index in [-0.39, 0.29) is 42.2 Å². The normalized spacial score (nSPS) is 11.9. The van der Waals surface area contributed by atoms with Gasteiger partial charge in [-0.1, -0.05) is 61.5 Å². The van der Waals surface area contributed by atoms with Gasteiger partial charge in [0.05, 0.1) is 23.9 Å². The molecule has 14 nitrogen and oxygen atoms in total. The minimum Gasteiger partial charge on any atom is -0.490 e. The van der Waals surface area contributed by atoms with E-state index in [1.807, 2.05) is 29.6 Å². The van der Waals surface area contributed by atoms with Crippen LogP contribution in [0.25, 0.3) is 26.5 Å². The number of anilines is 1. The largest absolute Gasteiger partial charge is 0.490 e. The van der Waals surface area contributed by atoms with Crippen LogP contribution in [0.15, 0.2) is 63.9 Å². The van der Waals surface area contributed by atoms with Gasteiger partial charge in [0.2, 0.25) is 11.6 Å². The lowest BCUT2D eigenvalue weighted by molar-refractivity contribution is -0.150. The topological polar surface area (TPSA) is 235 Å². The van der Waals surface area contributed by atoms with Crippen molar-refractivity contribution >= 4 is 64.0 Å². The number of aliphatic imine (C=N–C) groups is 1. The number of carbonyl (C=O) groups excluding carboxylic acids is 2. The molecule has 17 heteroatoms. The van der Waals surface area contributed by atoms with E-state index < -0.39 is 24.0 Å². The monoisotopic (exact) mass is 774 g/mol. The third-order valence-corrected chi connectivity index (χ3v) is 9.85. The van der Waals surface area contributed by atoms with E-state index in [0.29, 0.717) is 52.1 Å². The molecule has 2 aromatic carbocycles. The molecule has 1 amide bonds. The summed E-state index contributed by atoms with van der Waals surface area (Å²) in [6, 6.07) is 14.7. The molecule has 0 spiro atoms. The summed E-state index contributed by atoms with van der Waals surface area (Å²) >= 11 is 8.82. The van der Waals surface area contributed by atoms with Gasteiger partial charge in [0.1, 0.15) is 46.9 Å². The van der Waals surface area contributed by atoms with Crippen molar-refractivity contribution in [2.75, 3.05) is 25.5 Å². The first-order valence-corrected chi connectivity index (χ1v) is 18.6. The number of hydrogen-bond donors (Lipinski definition) is 5. The number of hydrogen-bond acceptors (Lipinski definition) is 12. The lowest BCUT2D eigenvalue weighted by Gasteiger charge is -2.22. The maximum absolute atomic E-state index is 12.8. The number of nitrogens with two attached hydrogens (primary N) is 4. The fraction of sp³-hybridized carbons (Fsp3) is 0.306. The zero-order valence-corrected chi connectivity index (χ0v) is 31.4. The van der Waals surface area contributed by atoms with E-state index in [9.17, 15) is 14.9 Å². The van der Waals surface area contributed by atoms with Gasteiger partial charge in [-0.15, -0.1) is 11.3 Å². The molecule has 0 fully saturated rings. The maximum Gasteiger partial charge on any atom is 0.329 e. The van der Waals surface area contributed by atoms with Crippen LogP contribution in [0.5, 0.6) is 5.75 Å². The van der Waals surface area contributed by atoms with Crippen LogP contribution in [-0.2, 0) is 20.1 Å². The Morgan fingerprint density at radius 2 is 1.81 bits per heavy atom. The van der Waals surface area contributed by atoms with Gasteiger partial charge in [0.25, 0.3) is 0 Å². The highest BCUT2D eigenvalue weighted by Gasteiger charge is 2.28. The number of pyridine rings is 1. The number of aromatic nitrogens is 2. The number of carbonyl (C=O) groups is 2. The fourth-order valence-electron chi connectivity index (χ4n) is 4.93. The summed E-state index contributed by atoms with van der Waals surface area (Å²) in [5, 5.41) is 16.7. The predicted octanol–water partition coefficient (Wildman–Crippen LogP) is 5.27. The average molecular weight is 775 g/mol. The van der Waals surface area contributed by atoms with Crippen LogP contribution in [0.4, 0.5) is 11.5 Å². The van der Waals surface area contributed by atoms with Gasteiger partial charge in [-0.05, 0) is 48.6 Å². The number of thiazole rings is 1. The van der Waals surface area contributed by atoms with Crippen molar-refractivity contribution < 1.29 is 19.1 Å². The first-order chi connectivity index (χ1) is 25.4. The molecule has 4 aromatic rings. The van der Waals surface area contributed by atoms with Gasteiger partial charge < -0.3 is 37.7 Å². The molecule has 0 aliphatic heterocycles. The van der Waals surface area contributed by atoms with Crippen LogP contribution in [-0.4, -0.2) is 59.6 Å². The highest BCUT2D eigenvalue weighted by molar-refractivity contribution is 7.98. The Labute approximate surface area is 320 Å². The third-order valence-electron chi connectivity index (χ3n) is 7.65. The number of esters is 1. The Hall–Kier alpha value is -5.39. The third kappa shape index (κ3) is 11.3. The molecule has 276 valence electrons. The number of nitrogens with zero attached hydrogens (tertiary/aromatic N) is 5. The van der Waals surface area contributed by atoms with Gasteiger partial charge >= 0.3 is 5.97 Å². The number of thioether (sulfide) groups is 1. The second kappa shape index (κ2) is 19.4. The highest BCUT2D eigenvalue weighted by Crippen LogP contribution is 2.42. The second-order valence-corrected chi connectivity index (χ2v) is 14.1. The standard InChI is InChI=1S/C36H39ClN10O4S2/c1-20(2)29(46-32(48)27(39)5-4-14-44-36(41)42)35(49)51-16-15-50-25-12-8-21(9-13-25)28-26(17-38)34(47-31(40)30(28)43-3)53-19-24-18-52-33(45-24)22-6-10-23(37)11-7-22/h6-13,18,20,27,29H,4-5,14-16,19,39H2,1-2H3,(H2,40,47)(H,46,48)(H4,41,42,44)/t27-,29-/m0/s1. The van der Waals surface area contributed by atoms with Crippen molar-refractivity contribution in [2.45, 2.75) is 49.6 Å². The Kier molecular flexibility index (Phi) is 14.8. The number of halogens is 1.